The Bertz CT molecular complexity index is 780. The number of rotatable bonds is 3. The molecule has 0 bridgehead atoms. The number of hydrogen-bond donors (Lipinski definition) is 1. The summed E-state index contributed by atoms with van der Waals surface area (Å²) in [5, 5.41) is 3.23. The van der Waals surface area contributed by atoms with E-state index in [1.54, 1.807) is 0 Å². The first-order valence-corrected chi connectivity index (χ1v) is 7.97. The Balaban J connectivity index is 1.69. The van der Waals surface area contributed by atoms with Crippen molar-refractivity contribution in [1.29, 1.82) is 0 Å². The highest BCUT2D eigenvalue weighted by molar-refractivity contribution is 6.31. The Morgan fingerprint density at radius 3 is 1.91 bits per heavy atom. The van der Waals surface area contributed by atoms with Gasteiger partial charge in [0.05, 0.1) is 0 Å². The van der Waals surface area contributed by atoms with Gasteiger partial charge in [-0.25, -0.2) is 0 Å². The first-order valence-electron chi connectivity index (χ1n) is 7.59. The minimum Gasteiger partial charge on any atom is -0.332 e. The van der Waals surface area contributed by atoms with Gasteiger partial charge in [0, 0.05) is 21.7 Å². The first-order chi connectivity index (χ1) is 10.8. The maximum Gasteiger partial charge on any atom is 0.139 e. The van der Waals surface area contributed by atoms with Gasteiger partial charge in [-0.05, 0) is 17.2 Å². The van der Waals surface area contributed by atoms with Crippen molar-refractivity contribution in [3.63, 3.8) is 0 Å². The summed E-state index contributed by atoms with van der Waals surface area (Å²) < 4.78 is 0. The molecule has 0 heterocycles. The van der Waals surface area contributed by atoms with Crippen LogP contribution in [0.5, 0.6) is 0 Å². The zero-order valence-electron chi connectivity index (χ0n) is 12.2. The van der Waals surface area contributed by atoms with Crippen LogP contribution in [0.25, 0.3) is 11.1 Å². The van der Waals surface area contributed by atoms with Crippen LogP contribution in [0.3, 0.4) is 0 Å². The van der Waals surface area contributed by atoms with Crippen molar-refractivity contribution in [2.75, 3.05) is 0 Å². The molecule has 22 heavy (non-hydrogen) atoms. The fraction of sp³-hybridized carbons (Fsp3) is 0.100. The highest BCUT2D eigenvalue weighted by atomic mass is 35.5. The van der Waals surface area contributed by atoms with Crippen molar-refractivity contribution in [2.45, 2.75) is 12.6 Å². The van der Waals surface area contributed by atoms with E-state index in [0.29, 0.717) is 6.04 Å². The fourth-order valence-corrected chi connectivity index (χ4v) is 3.57. The Morgan fingerprint density at radius 2 is 1.27 bits per heavy atom. The van der Waals surface area contributed by atoms with Gasteiger partial charge in [0.1, 0.15) is 12.6 Å². The van der Waals surface area contributed by atoms with E-state index < -0.39 is 0 Å². The SMILES string of the molecule is Clc1ccccc1C[NH2+]C1c2ccccc2-c2ccccc21. The van der Waals surface area contributed by atoms with Crippen molar-refractivity contribution < 1.29 is 5.32 Å². The van der Waals surface area contributed by atoms with Crippen LogP contribution in [0.1, 0.15) is 22.7 Å². The molecule has 0 spiro atoms. The van der Waals surface area contributed by atoms with Gasteiger partial charge in [0.25, 0.3) is 0 Å². The lowest BCUT2D eigenvalue weighted by Gasteiger charge is -2.13. The standard InChI is InChI=1S/C20H16ClN/c21-19-12-6-1-7-14(19)13-22-20-17-10-4-2-8-15(17)16-9-3-5-11-18(16)20/h1-12,20,22H,13H2/p+1. The molecular formula is C20H17ClN+. The van der Waals surface area contributed by atoms with Gasteiger partial charge in [-0.3, -0.25) is 0 Å². The Hall–Kier alpha value is -2.09. The van der Waals surface area contributed by atoms with E-state index in [0.717, 1.165) is 11.6 Å². The summed E-state index contributed by atoms with van der Waals surface area (Å²) in [6.45, 7) is 0.882. The molecule has 4 rings (SSSR count). The van der Waals surface area contributed by atoms with Gasteiger partial charge in [-0.1, -0.05) is 78.3 Å². The highest BCUT2D eigenvalue weighted by Gasteiger charge is 2.30. The molecule has 0 amide bonds. The number of nitrogens with two attached hydrogens (primary N) is 1. The molecule has 0 unspecified atom stereocenters. The van der Waals surface area contributed by atoms with Gasteiger partial charge in [-0.2, -0.15) is 0 Å². The summed E-state index contributed by atoms with van der Waals surface area (Å²) in [6, 6.07) is 25.8. The minimum absolute atomic E-state index is 0.351. The zero-order chi connectivity index (χ0) is 14.9. The second-order valence-electron chi connectivity index (χ2n) is 5.68. The van der Waals surface area contributed by atoms with Crippen molar-refractivity contribution >= 4 is 11.6 Å². The predicted octanol–water partition coefficient (Wildman–Crippen LogP) is 4.17. The average molecular weight is 307 g/mol. The number of fused-ring (bicyclic) bond motifs is 3. The van der Waals surface area contributed by atoms with Crippen LogP contribution in [0, 0.1) is 0 Å². The van der Waals surface area contributed by atoms with E-state index in [4.69, 9.17) is 11.6 Å². The smallest absolute Gasteiger partial charge is 0.139 e. The molecule has 2 heteroatoms. The van der Waals surface area contributed by atoms with Crippen LogP contribution in [-0.4, -0.2) is 0 Å². The normalized spacial score (nSPS) is 13.0. The fourth-order valence-electron chi connectivity index (χ4n) is 3.36. The largest absolute Gasteiger partial charge is 0.332 e. The second-order valence-corrected chi connectivity index (χ2v) is 6.09. The molecule has 0 fully saturated rings. The van der Waals surface area contributed by atoms with Crippen LogP contribution in [0.2, 0.25) is 5.02 Å². The van der Waals surface area contributed by atoms with E-state index in [1.807, 2.05) is 18.2 Å². The first kappa shape index (κ1) is 13.6. The molecule has 0 radical (unpaired) electrons. The van der Waals surface area contributed by atoms with Gasteiger partial charge in [0.15, 0.2) is 0 Å². The summed E-state index contributed by atoms with van der Waals surface area (Å²) in [5.74, 6) is 0. The number of halogens is 1. The molecule has 2 N–H and O–H groups in total. The maximum atomic E-state index is 6.29. The van der Waals surface area contributed by atoms with Crippen molar-refractivity contribution in [3.05, 3.63) is 94.5 Å². The van der Waals surface area contributed by atoms with E-state index in [2.05, 4.69) is 59.9 Å². The molecular weight excluding hydrogens is 290 g/mol. The van der Waals surface area contributed by atoms with E-state index in [-0.39, 0.29) is 0 Å². The summed E-state index contributed by atoms with van der Waals surface area (Å²) in [5.41, 5.74) is 6.70. The van der Waals surface area contributed by atoms with Gasteiger partial charge in [-0.15, -0.1) is 0 Å². The third-order valence-corrected chi connectivity index (χ3v) is 4.78. The van der Waals surface area contributed by atoms with Crippen LogP contribution >= 0.6 is 11.6 Å². The van der Waals surface area contributed by atoms with Crippen LogP contribution in [-0.2, 0) is 6.54 Å². The molecule has 0 saturated carbocycles. The van der Waals surface area contributed by atoms with Crippen LogP contribution < -0.4 is 5.32 Å². The van der Waals surface area contributed by atoms with Crippen LogP contribution in [0.4, 0.5) is 0 Å². The third-order valence-electron chi connectivity index (χ3n) is 4.41. The molecule has 0 saturated heterocycles. The quantitative estimate of drug-likeness (QED) is 0.748. The predicted molar refractivity (Wildman–Crippen MR) is 90.8 cm³/mol. The zero-order valence-corrected chi connectivity index (χ0v) is 12.9. The lowest BCUT2D eigenvalue weighted by Crippen LogP contribution is -2.83. The summed E-state index contributed by atoms with van der Waals surface area (Å²) in [6.07, 6.45) is 0. The monoisotopic (exact) mass is 306 g/mol. The highest BCUT2D eigenvalue weighted by Crippen LogP contribution is 2.41. The summed E-state index contributed by atoms with van der Waals surface area (Å²) >= 11 is 6.29. The van der Waals surface area contributed by atoms with Crippen LogP contribution in [0.15, 0.2) is 72.8 Å². The Kier molecular flexibility index (Phi) is 3.45. The summed E-state index contributed by atoms with van der Waals surface area (Å²) in [7, 11) is 0. The van der Waals surface area contributed by atoms with Crippen molar-refractivity contribution in [3.8, 4) is 11.1 Å². The molecule has 1 aliphatic rings. The van der Waals surface area contributed by atoms with E-state index in [1.165, 1.54) is 27.8 Å². The molecule has 3 aromatic carbocycles. The van der Waals surface area contributed by atoms with Gasteiger partial charge in [0.2, 0.25) is 0 Å². The molecule has 0 atom stereocenters. The second kappa shape index (κ2) is 5.60. The Labute approximate surface area is 135 Å². The minimum atomic E-state index is 0.351. The molecule has 0 aromatic heterocycles. The van der Waals surface area contributed by atoms with Crippen molar-refractivity contribution in [1.82, 2.24) is 0 Å². The van der Waals surface area contributed by atoms with Gasteiger partial charge < -0.3 is 5.32 Å². The Morgan fingerprint density at radius 1 is 0.727 bits per heavy atom. The summed E-state index contributed by atoms with van der Waals surface area (Å²) in [4.78, 5) is 0. The van der Waals surface area contributed by atoms with Crippen molar-refractivity contribution in [2.24, 2.45) is 0 Å². The molecule has 0 aliphatic heterocycles. The van der Waals surface area contributed by atoms with Gasteiger partial charge >= 0.3 is 0 Å². The third kappa shape index (κ3) is 2.23. The lowest BCUT2D eigenvalue weighted by molar-refractivity contribution is -0.701. The maximum absolute atomic E-state index is 6.29. The average Bonchev–Trinajstić information content (AvgIpc) is 2.89. The molecule has 1 nitrogen and oxygen atoms in total. The number of benzene rings is 3. The molecule has 108 valence electrons. The molecule has 1 aliphatic carbocycles. The van der Waals surface area contributed by atoms with E-state index >= 15 is 0 Å². The lowest BCUT2D eigenvalue weighted by atomic mass is 10.0. The number of hydrogen-bond acceptors (Lipinski definition) is 0. The number of quaternary nitrogens is 1. The topological polar surface area (TPSA) is 16.6 Å². The van der Waals surface area contributed by atoms with E-state index in [9.17, 15) is 0 Å². The molecule has 3 aromatic rings.